The Kier molecular flexibility index (Phi) is 5.67. The minimum atomic E-state index is -0.399. The third-order valence-corrected chi connectivity index (χ3v) is 4.58. The summed E-state index contributed by atoms with van der Waals surface area (Å²) in [7, 11) is 1.79. The summed E-state index contributed by atoms with van der Waals surface area (Å²) in [6.07, 6.45) is 0. The second-order valence-corrected chi connectivity index (χ2v) is 6.05. The number of ether oxygens (including phenoxy) is 1. The van der Waals surface area contributed by atoms with E-state index in [1.54, 1.807) is 30.4 Å². The lowest BCUT2D eigenvalue weighted by Crippen LogP contribution is -2.32. The van der Waals surface area contributed by atoms with E-state index in [9.17, 15) is 9.59 Å². The number of anilines is 1. The van der Waals surface area contributed by atoms with Crippen LogP contribution in [0.1, 0.15) is 51.5 Å². The third-order valence-electron chi connectivity index (χ3n) is 4.58. The maximum atomic E-state index is 13.3. The summed E-state index contributed by atoms with van der Waals surface area (Å²) in [6.45, 7) is 10.2. The number of benzene rings is 1. The Labute approximate surface area is 149 Å². The van der Waals surface area contributed by atoms with Gasteiger partial charge in [0.1, 0.15) is 5.69 Å². The van der Waals surface area contributed by atoms with Crippen LogP contribution < -0.4 is 4.90 Å². The second-order valence-electron chi connectivity index (χ2n) is 6.05. The highest BCUT2D eigenvalue weighted by molar-refractivity contribution is 6.10. The number of para-hydroxylation sites is 1. The largest absolute Gasteiger partial charge is 0.461 e. The van der Waals surface area contributed by atoms with Crippen molar-refractivity contribution in [2.45, 2.75) is 34.6 Å². The first-order valence-electron chi connectivity index (χ1n) is 8.55. The highest BCUT2D eigenvalue weighted by Gasteiger charge is 2.28. The smallest absolute Gasteiger partial charge is 0.355 e. The van der Waals surface area contributed by atoms with Gasteiger partial charge in [0.05, 0.1) is 12.2 Å². The number of nitrogens with zero attached hydrogens (tertiary/aromatic N) is 2. The molecule has 5 nitrogen and oxygen atoms in total. The first-order valence-corrected chi connectivity index (χ1v) is 8.55. The van der Waals surface area contributed by atoms with E-state index in [0.29, 0.717) is 30.0 Å². The molecular formula is C20H26N2O3. The molecule has 0 bridgehead atoms. The molecule has 1 aromatic carbocycles. The van der Waals surface area contributed by atoms with Gasteiger partial charge in [-0.2, -0.15) is 0 Å². The van der Waals surface area contributed by atoms with Gasteiger partial charge in [0.2, 0.25) is 0 Å². The topological polar surface area (TPSA) is 51.5 Å². The van der Waals surface area contributed by atoms with Crippen LogP contribution in [0.2, 0.25) is 0 Å². The molecule has 0 N–H and O–H groups in total. The van der Waals surface area contributed by atoms with Crippen LogP contribution in [0.3, 0.4) is 0 Å². The fraction of sp³-hybridized carbons (Fsp3) is 0.400. The predicted octanol–water partition coefficient (Wildman–Crippen LogP) is 3.79. The SMILES string of the molecule is CCOC(=O)c1c(C)c(C(=O)N(CC)c2ccccc2C)c(C)n1C. The molecule has 0 aliphatic carbocycles. The Hall–Kier alpha value is -2.56. The van der Waals surface area contributed by atoms with E-state index in [-0.39, 0.29) is 5.91 Å². The normalized spacial score (nSPS) is 10.6. The van der Waals surface area contributed by atoms with Crippen LogP contribution in [-0.2, 0) is 11.8 Å². The maximum Gasteiger partial charge on any atom is 0.355 e. The van der Waals surface area contributed by atoms with Crippen LogP contribution >= 0.6 is 0 Å². The second kappa shape index (κ2) is 7.55. The quantitative estimate of drug-likeness (QED) is 0.777. The van der Waals surface area contributed by atoms with Crippen molar-refractivity contribution in [2.24, 2.45) is 7.05 Å². The number of aryl methyl sites for hydroxylation is 1. The Morgan fingerprint density at radius 2 is 1.76 bits per heavy atom. The van der Waals surface area contributed by atoms with Crippen molar-refractivity contribution in [3.05, 3.63) is 52.3 Å². The zero-order valence-electron chi connectivity index (χ0n) is 15.8. The van der Waals surface area contributed by atoms with E-state index >= 15 is 0 Å². The van der Waals surface area contributed by atoms with Gasteiger partial charge >= 0.3 is 5.97 Å². The summed E-state index contributed by atoms with van der Waals surface area (Å²) < 4.78 is 6.89. The standard InChI is InChI=1S/C20H26N2O3/c1-7-22(16-12-10-9-11-13(16)3)19(23)17-14(4)18(20(24)25-8-2)21(6)15(17)5/h9-12H,7-8H2,1-6H3. The molecule has 1 amide bonds. The lowest BCUT2D eigenvalue weighted by molar-refractivity contribution is 0.0514. The number of hydrogen-bond acceptors (Lipinski definition) is 3. The van der Waals surface area contributed by atoms with Crippen molar-refractivity contribution in [1.82, 2.24) is 4.57 Å². The average molecular weight is 342 g/mol. The van der Waals surface area contributed by atoms with E-state index in [1.165, 1.54) is 0 Å². The number of aromatic nitrogens is 1. The van der Waals surface area contributed by atoms with Gasteiger partial charge in [-0.05, 0) is 51.8 Å². The lowest BCUT2D eigenvalue weighted by atomic mass is 10.1. The summed E-state index contributed by atoms with van der Waals surface area (Å²) >= 11 is 0. The van der Waals surface area contributed by atoms with Gasteiger partial charge in [-0.1, -0.05) is 18.2 Å². The first kappa shape index (κ1) is 18.8. The predicted molar refractivity (Wildman–Crippen MR) is 99.4 cm³/mol. The van der Waals surface area contributed by atoms with Gasteiger partial charge in [0.15, 0.2) is 0 Å². The fourth-order valence-electron chi connectivity index (χ4n) is 3.21. The first-order chi connectivity index (χ1) is 11.8. The highest BCUT2D eigenvalue weighted by Crippen LogP contribution is 2.27. The van der Waals surface area contributed by atoms with Crippen molar-refractivity contribution in [2.75, 3.05) is 18.1 Å². The van der Waals surface area contributed by atoms with Crippen LogP contribution in [0.15, 0.2) is 24.3 Å². The van der Waals surface area contributed by atoms with Gasteiger partial charge in [-0.25, -0.2) is 4.79 Å². The molecule has 0 saturated heterocycles. The van der Waals surface area contributed by atoms with Crippen LogP contribution in [-0.4, -0.2) is 29.6 Å². The lowest BCUT2D eigenvalue weighted by Gasteiger charge is -2.23. The number of carbonyl (C=O) groups excluding carboxylic acids is 2. The molecule has 134 valence electrons. The summed E-state index contributed by atoms with van der Waals surface area (Å²) in [5, 5.41) is 0. The van der Waals surface area contributed by atoms with Crippen LogP contribution in [0.5, 0.6) is 0 Å². The Morgan fingerprint density at radius 1 is 1.12 bits per heavy atom. The molecule has 0 spiro atoms. The van der Waals surface area contributed by atoms with Crippen molar-refractivity contribution < 1.29 is 14.3 Å². The van der Waals surface area contributed by atoms with Gasteiger partial charge in [0, 0.05) is 25.0 Å². The van der Waals surface area contributed by atoms with Crippen molar-refractivity contribution in [3.63, 3.8) is 0 Å². The molecule has 0 radical (unpaired) electrons. The molecule has 0 unspecified atom stereocenters. The molecular weight excluding hydrogens is 316 g/mol. The summed E-state index contributed by atoms with van der Waals surface area (Å²) in [4.78, 5) is 27.3. The molecule has 0 saturated carbocycles. The van der Waals surface area contributed by atoms with Crippen LogP contribution in [0, 0.1) is 20.8 Å². The molecule has 0 aliphatic rings. The van der Waals surface area contributed by atoms with Crippen molar-refractivity contribution in [3.8, 4) is 0 Å². The summed E-state index contributed by atoms with van der Waals surface area (Å²) in [5.41, 5.74) is 4.34. The van der Waals surface area contributed by atoms with Gasteiger partial charge in [0.25, 0.3) is 5.91 Å². The molecule has 5 heteroatoms. The Balaban J connectivity index is 2.54. The Bertz CT molecular complexity index is 806. The van der Waals surface area contributed by atoms with Crippen molar-refractivity contribution >= 4 is 17.6 Å². The monoisotopic (exact) mass is 342 g/mol. The molecule has 1 aromatic heterocycles. The molecule has 0 aliphatic heterocycles. The highest BCUT2D eigenvalue weighted by atomic mass is 16.5. The van der Waals surface area contributed by atoms with Crippen LogP contribution in [0.4, 0.5) is 5.69 Å². The zero-order valence-corrected chi connectivity index (χ0v) is 15.8. The van der Waals surface area contributed by atoms with E-state index in [0.717, 1.165) is 16.9 Å². The number of hydrogen-bond donors (Lipinski definition) is 0. The van der Waals surface area contributed by atoms with Gasteiger partial charge in [-0.3, -0.25) is 4.79 Å². The number of carbonyl (C=O) groups is 2. The summed E-state index contributed by atoms with van der Waals surface area (Å²) in [5.74, 6) is -0.499. The van der Waals surface area contributed by atoms with E-state index in [1.807, 2.05) is 45.0 Å². The van der Waals surface area contributed by atoms with E-state index in [4.69, 9.17) is 4.74 Å². The minimum Gasteiger partial charge on any atom is -0.461 e. The summed E-state index contributed by atoms with van der Waals surface area (Å²) in [6, 6.07) is 7.80. The molecule has 25 heavy (non-hydrogen) atoms. The number of amides is 1. The zero-order chi connectivity index (χ0) is 18.7. The number of rotatable bonds is 5. The Morgan fingerprint density at radius 3 is 2.32 bits per heavy atom. The van der Waals surface area contributed by atoms with Crippen LogP contribution in [0.25, 0.3) is 0 Å². The molecule has 2 rings (SSSR count). The van der Waals surface area contributed by atoms with E-state index < -0.39 is 5.97 Å². The number of esters is 1. The van der Waals surface area contributed by atoms with Gasteiger partial charge < -0.3 is 14.2 Å². The third kappa shape index (κ3) is 3.31. The molecule has 1 heterocycles. The molecule has 0 fully saturated rings. The maximum absolute atomic E-state index is 13.3. The van der Waals surface area contributed by atoms with Crippen molar-refractivity contribution in [1.29, 1.82) is 0 Å². The average Bonchev–Trinajstić information content (AvgIpc) is 2.79. The fourth-order valence-corrected chi connectivity index (χ4v) is 3.21. The minimum absolute atomic E-state index is 0.0991. The molecule has 0 atom stereocenters. The van der Waals surface area contributed by atoms with E-state index in [2.05, 4.69) is 0 Å². The van der Waals surface area contributed by atoms with Gasteiger partial charge in [-0.15, -0.1) is 0 Å². The molecule has 2 aromatic rings.